The summed E-state index contributed by atoms with van der Waals surface area (Å²) in [4.78, 5) is 2.18. The molecule has 0 saturated carbocycles. The second-order valence-corrected chi connectivity index (χ2v) is 8.88. The van der Waals surface area contributed by atoms with Gasteiger partial charge in [-0.25, -0.2) is 8.42 Å². The number of morpholine rings is 1. The predicted octanol–water partition coefficient (Wildman–Crippen LogP) is 3.69. The van der Waals surface area contributed by atoms with Crippen molar-refractivity contribution in [2.45, 2.75) is 4.90 Å². The molecule has 0 radical (unpaired) electrons. The molecule has 1 aromatic carbocycles. The van der Waals surface area contributed by atoms with E-state index in [4.69, 9.17) is 27.9 Å². The Hall–Kier alpha value is -0.990. The van der Waals surface area contributed by atoms with E-state index in [0.29, 0.717) is 23.2 Å². The number of benzene rings is 1. The number of nitrogens with one attached hydrogen (secondary N) is 1. The molecular formula is C14H14Cl2N2O3S2. The molecule has 1 aliphatic rings. The van der Waals surface area contributed by atoms with Gasteiger partial charge in [-0.2, -0.15) is 0 Å². The summed E-state index contributed by atoms with van der Waals surface area (Å²) < 4.78 is 33.0. The summed E-state index contributed by atoms with van der Waals surface area (Å²) in [7, 11) is -3.75. The highest BCUT2D eigenvalue weighted by atomic mass is 35.5. The molecule has 0 atom stereocenters. The van der Waals surface area contributed by atoms with Crippen molar-refractivity contribution in [1.29, 1.82) is 0 Å². The molecule has 1 aromatic heterocycles. The minimum atomic E-state index is -3.75. The zero-order chi connectivity index (χ0) is 16.4. The Morgan fingerprint density at radius 3 is 2.35 bits per heavy atom. The maximum Gasteiger partial charge on any atom is 0.264 e. The number of thiophene rings is 1. The minimum Gasteiger partial charge on any atom is -0.378 e. The van der Waals surface area contributed by atoms with Gasteiger partial charge >= 0.3 is 0 Å². The van der Waals surface area contributed by atoms with E-state index in [0.717, 1.165) is 30.1 Å². The van der Waals surface area contributed by atoms with Crippen LogP contribution in [0.25, 0.3) is 0 Å². The van der Waals surface area contributed by atoms with Gasteiger partial charge in [0.2, 0.25) is 0 Å². The molecule has 5 nitrogen and oxygen atoms in total. The fraction of sp³-hybridized carbons (Fsp3) is 0.286. The van der Waals surface area contributed by atoms with Crippen LogP contribution in [-0.2, 0) is 14.8 Å². The molecule has 0 spiro atoms. The second kappa shape index (κ2) is 6.86. The third-order valence-corrected chi connectivity index (χ3v) is 6.54. The first-order chi connectivity index (χ1) is 11.0. The molecule has 0 unspecified atom stereocenters. The van der Waals surface area contributed by atoms with E-state index in [1.54, 1.807) is 12.1 Å². The number of sulfonamides is 1. The van der Waals surface area contributed by atoms with Gasteiger partial charge in [0.25, 0.3) is 10.0 Å². The van der Waals surface area contributed by atoms with E-state index in [1.807, 2.05) is 12.1 Å². The lowest BCUT2D eigenvalue weighted by atomic mass is 10.2. The van der Waals surface area contributed by atoms with Crippen LogP contribution in [0, 0.1) is 0 Å². The molecule has 1 aliphatic heterocycles. The summed E-state index contributed by atoms with van der Waals surface area (Å²) in [5.74, 6) is 0. The number of nitrogens with zero attached hydrogens (tertiary/aromatic N) is 1. The first-order valence-corrected chi connectivity index (χ1v) is 9.92. The first kappa shape index (κ1) is 16.9. The Kier molecular flexibility index (Phi) is 5.03. The molecule has 0 aliphatic carbocycles. The lowest BCUT2D eigenvalue weighted by molar-refractivity contribution is 0.122. The van der Waals surface area contributed by atoms with Crippen molar-refractivity contribution in [3.05, 3.63) is 39.0 Å². The van der Waals surface area contributed by atoms with E-state index in [1.165, 1.54) is 6.07 Å². The van der Waals surface area contributed by atoms with Crippen LogP contribution in [0.3, 0.4) is 0 Å². The summed E-state index contributed by atoms with van der Waals surface area (Å²) in [6.07, 6.45) is 0. The summed E-state index contributed by atoms with van der Waals surface area (Å²) >= 11 is 12.7. The van der Waals surface area contributed by atoms with Gasteiger partial charge < -0.3 is 9.64 Å². The topological polar surface area (TPSA) is 58.6 Å². The second-order valence-electron chi connectivity index (χ2n) is 4.94. The lowest BCUT2D eigenvalue weighted by Gasteiger charge is -2.28. The van der Waals surface area contributed by atoms with Crippen LogP contribution < -0.4 is 9.62 Å². The van der Waals surface area contributed by atoms with Gasteiger partial charge in [0.1, 0.15) is 9.23 Å². The molecule has 1 saturated heterocycles. The largest absolute Gasteiger partial charge is 0.378 e. The SMILES string of the molecule is O=S(=O)(Nc1ccc(N2CCOCC2)cc1)c1cc(Cl)sc1Cl. The van der Waals surface area contributed by atoms with Crippen molar-refractivity contribution in [2.24, 2.45) is 0 Å². The van der Waals surface area contributed by atoms with Crippen molar-refractivity contribution >= 4 is 55.9 Å². The molecule has 23 heavy (non-hydrogen) atoms. The highest BCUT2D eigenvalue weighted by Crippen LogP contribution is 2.35. The molecule has 0 bridgehead atoms. The van der Waals surface area contributed by atoms with Crippen LogP contribution >= 0.6 is 34.5 Å². The van der Waals surface area contributed by atoms with E-state index < -0.39 is 10.0 Å². The number of ether oxygens (including phenoxy) is 1. The number of anilines is 2. The lowest BCUT2D eigenvalue weighted by Crippen LogP contribution is -2.36. The third-order valence-electron chi connectivity index (χ3n) is 3.41. The summed E-state index contributed by atoms with van der Waals surface area (Å²) in [5, 5.41) is 0. The molecule has 2 aromatic rings. The van der Waals surface area contributed by atoms with Gasteiger partial charge in [0, 0.05) is 24.5 Å². The van der Waals surface area contributed by atoms with E-state index in [9.17, 15) is 8.42 Å². The molecular weight excluding hydrogens is 379 g/mol. The third kappa shape index (κ3) is 3.92. The zero-order valence-electron chi connectivity index (χ0n) is 12.0. The Morgan fingerprint density at radius 2 is 1.78 bits per heavy atom. The monoisotopic (exact) mass is 392 g/mol. The maximum atomic E-state index is 12.3. The fourth-order valence-corrected chi connectivity index (χ4v) is 5.49. The van der Waals surface area contributed by atoms with E-state index in [-0.39, 0.29) is 9.23 Å². The van der Waals surface area contributed by atoms with E-state index >= 15 is 0 Å². The predicted molar refractivity (Wildman–Crippen MR) is 94.6 cm³/mol. The van der Waals surface area contributed by atoms with Gasteiger partial charge in [-0.3, -0.25) is 4.72 Å². The standard InChI is InChI=1S/C14H14Cl2N2O3S2/c15-13-9-12(14(16)22-13)23(19,20)17-10-1-3-11(4-2-10)18-5-7-21-8-6-18/h1-4,9,17H,5-8H2. The molecule has 0 amide bonds. The fourth-order valence-electron chi connectivity index (χ4n) is 2.28. The molecule has 124 valence electrons. The van der Waals surface area contributed by atoms with Crippen LogP contribution in [0.15, 0.2) is 35.2 Å². The Bertz CT molecular complexity index is 785. The normalized spacial score (nSPS) is 15.7. The average molecular weight is 393 g/mol. The molecule has 3 rings (SSSR count). The Labute approximate surface area is 148 Å². The van der Waals surface area contributed by atoms with Crippen LogP contribution in [-0.4, -0.2) is 34.7 Å². The van der Waals surface area contributed by atoms with Crippen LogP contribution in [0.5, 0.6) is 0 Å². The van der Waals surface area contributed by atoms with Gasteiger partial charge in [0.05, 0.1) is 17.6 Å². The van der Waals surface area contributed by atoms with Crippen molar-refractivity contribution in [3.63, 3.8) is 0 Å². The van der Waals surface area contributed by atoms with Crippen molar-refractivity contribution in [1.82, 2.24) is 0 Å². The quantitative estimate of drug-likeness (QED) is 0.861. The van der Waals surface area contributed by atoms with Gasteiger partial charge in [0.15, 0.2) is 0 Å². The molecule has 1 fully saturated rings. The smallest absolute Gasteiger partial charge is 0.264 e. The van der Waals surface area contributed by atoms with Crippen LogP contribution in [0.2, 0.25) is 8.67 Å². The zero-order valence-corrected chi connectivity index (χ0v) is 15.1. The number of halogens is 2. The summed E-state index contributed by atoms with van der Waals surface area (Å²) in [6, 6.07) is 8.56. The Balaban J connectivity index is 1.76. The minimum absolute atomic E-state index is 0.00794. The summed E-state index contributed by atoms with van der Waals surface area (Å²) in [5.41, 5.74) is 1.51. The van der Waals surface area contributed by atoms with Crippen molar-refractivity contribution in [2.75, 3.05) is 35.9 Å². The highest BCUT2D eigenvalue weighted by Gasteiger charge is 2.21. The highest BCUT2D eigenvalue weighted by molar-refractivity contribution is 7.93. The van der Waals surface area contributed by atoms with Gasteiger partial charge in [-0.15, -0.1) is 11.3 Å². The van der Waals surface area contributed by atoms with Gasteiger partial charge in [-0.1, -0.05) is 23.2 Å². The maximum absolute atomic E-state index is 12.3. The molecule has 2 heterocycles. The number of hydrogen-bond acceptors (Lipinski definition) is 5. The van der Waals surface area contributed by atoms with Crippen molar-refractivity contribution in [3.8, 4) is 0 Å². The van der Waals surface area contributed by atoms with Gasteiger partial charge in [-0.05, 0) is 30.3 Å². The average Bonchev–Trinajstić information content (AvgIpc) is 2.88. The molecule has 1 N–H and O–H groups in total. The summed E-state index contributed by atoms with van der Waals surface area (Å²) in [6.45, 7) is 3.06. The Morgan fingerprint density at radius 1 is 1.13 bits per heavy atom. The van der Waals surface area contributed by atoms with Crippen molar-refractivity contribution < 1.29 is 13.2 Å². The van der Waals surface area contributed by atoms with Crippen LogP contribution in [0.4, 0.5) is 11.4 Å². The first-order valence-electron chi connectivity index (χ1n) is 6.86. The molecule has 9 heteroatoms. The number of rotatable bonds is 4. The van der Waals surface area contributed by atoms with Crippen LogP contribution in [0.1, 0.15) is 0 Å². The number of hydrogen-bond donors (Lipinski definition) is 1. The van der Waals surface area contributed by atoms with E-state index in [2.05, 4.69) is 9.62 Å².